The highest BCUT2D eigenvalue weighted by molar-refractivity contribution is 8.01. The van der Waals surface area contributed by atoms with Crippen molar-refractivity contribution in [3.05, 3.63) is 36.2 Å². The van der Waals surface area contributed by atoms with Crippen molar-refractivity contribution in [1.29, 1.82) is 0 Å². The van der Waals surface area contributed by atoms with E-state index in [2.05, 4.69) is 6.92 Å². The predicted octanol–water partition coefficient (Wildman–Crippen LogP) is 3.61. The smallest absolute Gasteiger partial charge is 0.415 e. The number of thioether (sulfide) groups is 1. The van der Waals surface area contributed by atoms with Crippen LogP contribution in [0.25, 0.3) is 0 Å². The van der Waals surface area contributed by atoms with Gasteiger partial charge in [-0.25, -0.2) is 4.79 Å². The van der Waals surface area contributed by atoms with Crippen LogP contribution in [-0.4, -0.2) is 26.6 Å². The normalized spacial score (nSPS) is 28.1. The van der Waals surface area contributed by atoms with E-state index in [-0.39, 0.29) is 4.75 Å². The summed E-state index contributed by atoms with van der Waals surface area (Å²) < 4.78 is -0.0303. The molecule has 0 aromatic rings. The molecule has 1 fully saturated rings. The van der Waals surface area contributed by atoms with Crippen molar-refractivity contribution < 1.29 is 9.90 Å². The number of hydrogen-bond acceptors (Lipinski definition) is 2. The summed E-state index contributed by atoms with van der Waals surface area (Å²) in [5.41, 5.74) is 0.903. The molecule has 2 rings (SSSR count). The SMILES string of the molecule is CCC1(C2=CC=CC=CN2C(=O)O)CCCS1. The van der Waals surface area contributed by atoms with Gasteiger partial charge in [-0.15, -0.1) is 11.8 Å². The zero-order valence-electron chi connectivity index (χ0n) is 9.93. The van der Waals surface area contributed by atoms with Crippen molar-refractivity contribution in [3.8, 4) is 0 Å². The maximum absolute atomic E-state index is 11.3. The molecule has 0 aromatic heterocycles. The van der Waals surface area contributed by atoms with Gasteiger partial charge in [-0.3, -0.25) is 4.90 Å². The molecule has 2 aliphatic heterocycles. The summed E-state index contributed by atoms with van der Waals surface area (Å²) in [7, 11) is 0. The number of hydrogen-bond donors (Lipinski definition) is 1. The van der Waals surface area contributed by atoms with Crippen LogP contribution in [0.15, 0.2) is 36.2 Å². The molecule has 0 spiro atoms. The van der Waals surface area contributed by atoms with Gasteiger partial charge in [0.15, 0.2) is 0 Å². The van der Waals surface area contributed by atoms with Gasteiger partial charge >= 0.3 is 6.09 Å². The van der Waals surface area contributed by atoms with Gasteiger partial charge < -0.3 is 5.11 Å². The Morgan fingerprint density at radius 2 is 2.35 bits per heavy atom. The zero-order chi connectivity index (χ0) is 12.3. The monoisotopic (exact) mass is 251 g/mol. The van der Waals surface area contributed by atoms with Gasteiger partial charge in [0, 0.05) is 11.9 Å². The van der Waals surface area contributed by atoms with Crippen LogP contribution in [0, 0.1) is 0 Å². The van der Waals surface area contributed by atoms with Crippen molar-refractivity contribution in [1.82, 2.24) is 4.90 Å². The third-order valence-electron chi connectivity index (χ3n) is 3.32. The molecule has 92 valence electrons. The lowest BCUT2D eigenvalue weighted by Gasteiger charge is -2.34. The van der Waals surface area contributed by atoms with E-state index in [9.17, 15) is 9.90 Å². The van der Waals surface area contributed by atoms with Crippen molar-refractivity contribution >= 4 is 17.9 Å². The van der Waals surface area contributed by atoms with Gasteiger partial charge in [-0.1, -0.05) is 19.1 Å². The van der Waals surface area contributed by atoms with Gasteiger partial charge in [-0.2, -0.15) is 0 Å². The standard InChI is InChI=1S/C13H17NO2S/c1-2-13(8-6-10-17-13)11-7-4-3-5-9-14(11)12(15)16/h3-5,7,9H,2,6,8,10H2,1H3,(H,15,16). The number of nitrogens with zero attached hydrogens (tertiary/aromatic N) is 1. The average molecular weight is 251 g/mol. The zero-order valence-corrected chi connectivity index (χ0v) is 10.7. The van der Waals surface area contributed by atoms with Crippen LogP contribution >= 0.6 is 11.8 Å². The molecule has 17 heavy (non-hydrogen) atoms. The minimum absolute atomic E-state index is 0.0303. The molecule has 1 unspecified atom stereocenters. The highest BCUT2D eigenvalue weighted by Crippen LogP contribution is 2.47. The summed E-state index contributed by atoms with van der Waals surface area (Å²) in [6.45, 7) is 2.14. The fourth-order valence-electron chi connectivity index (χ4n) is 2.40. The highest BCUT2D eigenvalue weighted by atomic mass is 32.2. The Balaban J connectivity index is 2.38. The molecule has 0 bridgehead atoms. The van der Waals surface area contributed by atoms with Crippen LogP contribution in [0.5, 0.6) is 0 Å². The van der Waals surface area contributed by atoms with Gasteiger partial charge in [0.2, 0.25) is 0 Å². The van der Waals surface area contributed by atoms with Crippen LogP contribution in [0.3, 0.4) is 0 Å². The molecule has 0 aromatic carbocycles. The quantitative estimate of drug-likeness (QED) is 0.815. The summed E-state index contributed by atoms with van der Waals surface area (Å²) in [5, 5.41) is 9.30. The molecule has 0 saturated carbocycles. The maximum Gasteiger partial charge on any atom is 0.415 e. The first kappa shape index (κ1) is 12.3. The molecule has 0 radical (unpaired) electrons. The first-order valence-corrected chi connectivity index (χ1v) is 6.90. The molecule has 4 heteroatoms. The maximum atomic E-state index is 11.3. The minimum Gasteiger partial charge on any atom is -0.464 e. The van der Waals surface area contributed by atoms with E-state index in [0.29, 0.717) is 0 Å². The molecule has 3 nitrogen and oxygen atoms in total. The van der Waals surface area contributed by atoms with E-state index in [4.69, 9.17) is 0 Å². The van der Waals surface area contributed by atoms with Crippen LogP contribution < -0.4 is 0 Å². The molecule has 2 heterocycles. The Morgan fingerprint density at radius 1 is 1.53 bits per heavy atom. The Labute approximate surface area is 106 Å². The first-order valence-electron chi connectivity index (χ1n) is 5.91. The Hall–Kier alpha value is -1.16. The van der Waals surface area contributed by atoms with E-state index in [1.807, 2.05) is 30.0 Å². The van der Waals surface area contributed by atoms with E-state index in [1.54, 1.807) is 12.3 Å². The van der Waals surface area contributed by atoms with E-state index in [0.717, 1.165) is 30.7 Å². The van der Waals surface area contributed by atoms with E-state index in [1.165, 1.54) is 4.90 Å². The van der Waals surface area contributed by atoms with E-state index < -0.39 is 6.09 Å². The number of allylic oxidation sites excluding steroid dienone is 4. The Morgan fingerprint density at radius 3 is 2.94 bits per heavy atom. The number of amides is 1. The lowest BCUT2D eigenvalue weighted by Crippen LogP contribution is -2.36. The highest BCUT2D eigenvalue weighted by Gasteiger charge is 2.40. The molecule has 1 N–H and O–H groups in total. The Bertz CT molecular complexity index is 392. The third-order valence-corrected chi connectivity index (χ3v) is 5.07. The Kier molecular flexibility index (Phi) is 3.62. The molecule has 1 amide bonds. The summed E-state index contributed by atoms with van der Waals surface area (Å²) in [4.78, 5) is 12.7. The minimum atomic E-state index is -0.906. The van der Waals surface area contributed by atoms with Gasteiger partial charge in [0.05, 0.1) is 4.75 Å². The number of carbonyl (C=O) groups is 1. The van der Waals surface area contributed by atoms with Crippen molar-refractivity contribution in [3.63, 3.8) is 0 Å². The molecular formula is C13H17NO2S. The molecule has 0 aliphatic carbocycles. The molecule has 2 aliphatic rings. The van der Waals surface area contributed by atoms with Crippen LogP contribution in [0.4, 0.5) is 4.79 Å². The second-order valence-electron chi connectivity index (χ2n) is 4.23. The van der Waals surface area contributed by atoms with Gasteiger partial charge in [0.25, 0.3) is 0 Å². The van der Waals surface area contributed by atoms with Crippen molar-refractivity contribution in [2.45, 2.75) is 30.9 Å². The second kappa shape index (κ2) is 5.00. The predicted molar refractivity (Wildman–Crippen MR) is 70.9 cm³/mol. The topological polar surface area (TPSA) is 40.5 Å². The fourth-order valence-corrected chi connectivity index (χ4v) is 3.89. The molecule has 1 saturated heterocycles. The van der Waals surface area contributed by atoms with Gasteiger partial charge in [-0.05, 0) is 37.2 Å². The van der Waals surface area contributed by atoms with Crippen LogP contribution in [0.1, 0.15) is 26.2 Å². The largest absolute Gasteiger partial charge is 0.464 e. The fraction of sp³-hybridized carbons (Fsp3) is 0.462. The third kappa shape index (κ3) is 2.27. The number of carboxylic acid groups (broad SMARTS) is 1. The van der Waals surface area contributed by atoms with Crippen molar-refractivity contribution in [2.75, 3.05) is 5.75 Å². The molecule has 1 atom stereocenters. The van der Waals surface area contributed by atoms with Crippen molar-refractivity contribution in [2.24, 2.45) is 0 Å². The first-order chi connectivity index (χ1) is 8.19. The van der Waals surface area contributed by atoms with Gasteiger partial charge in [0.1, 0.15) is 0 Å². The molecular weight excluding hydrogens is 234 g/mol. The van der Waals surface area contributed by atoms with Crippen LogP contribution in [0.2, 0.25) is 0 Å². The van der Waals surface area contributed by atoms with E-state index >= 15 is 0 Å². The number of rotatable bonds is 2. The van der Waals surface area contributed by atoms with Crippen LogP contribution in [-0.2, 0) is 0 Å². The lowest BCUT2D eigenvalue weighted by atomic mass is 9.94. The summed E-state index contributed by atoms with van der Waals surface area (Å²) in [6, 6.07) is 0. The average Bonchev–Trinajstić information content (AvgIpc) is 2.66. The second-order valence-corrected chi connectivity index (χ2v) is 5.71. The summed E-state index contributed by atoms with van der Waals surface area (Å²) in [5.74, 6) is 1.12. The lowest BCUT2D eigenvalue weighted by molar-refractivity contribution is 0.169. The summed E-state index contributed by atoms with van der Waals surface area (Å²) in [6.07, 6.45) is 11.4. The summed E-state index contributed by atoms with van der Waals surface area (Å²) >= 11 is 1.89.